The molecule has 1 N–H and O–H groups in total. The lowest BCUT2D eigenvalue weighted by Gasteiger charge is -2.16. The van der Waals surface area contributed by atoms with Crippen LogP contribution in [0.3, 0.4) is 0 Å². The van der Waals surface area contributed by atoms with E-state index >= 15 is 0 Å². The maximum absolute atomic E-state index is 4.63. The maximum atomic E-state index is 4.63. The summed E-state index contributed by atoms with van der Waals surface area (Å²) >= 11 is 3.54. The van der Waals surface area contributed by atoms with Crippen molar-refractivity contribution in [2.45, 2.75) is 24.7 Å². The Labute approximate surface area is 104 Å². The zero-order valence-electron chi connectivity index (χ0n) is 9.19. The van der Waals surface area contributed by atoms with Gasteiger partial charge in [0.05, 0.1) is 10.6 Å². The lowest BCUT2D eigenvalue weighted by atomic mass is 10.2. The monoisotopic (exact) mass is 250 g/mol. The molecule has 0 aromatic heterocycles. The van der Waals surface area contributed by atoms with E-state index in [1.807, 2.05) is 11.8 Å². The molecule has 1 aromatic carbocycles. The number of rotatable bonds is 2. The van der Waals surface area contributed by atoms with Gasteiger partial charge >= 0.3 is 0 Å². The standard InChI is InChI=1S/C12H14N2S2/c1-8-2-5-10-11(6-8)16-14-12(13-10)15-7-9-3-4-9/h2,5-6,9H,3-4,7H2,1H3,(H,13,14). The number of nitrogens with one attached hydrogen (secondary N) is 1. The molecule has 1 aliphatic heterocycles. The maximum Gasteiger partial charge on any atom is 0.172 e. The SMILES string of the molecule is Cc1ccc2c(c1)SNC(SCC1CC1)=N2. The highest BCUT2D eigenvalue weighted by Crippen LogP contribution is 2.36. The number of thioether (sulfide) groups is 1. The van der Waals surface area contributed by atoms with Crippen LogP contribution in [0.2, 0.25) is 0 Å². The van der Waals surface area contributed by atoms with Crippen LogP contribution in [-0.2, 0) is 0 Å². The van der Waals surface area contributed by atoms with E-state index in [-0.39, 0.29) is 0 Å². The third kappa shape index (κ3) is 2.38. The average Bonchev–Trinajstić information content (AvgIpc) is 3.10. The van der Waals surface area contributed by atoms with Gasteiger partial charge in [0.15, 0.2) is 5.17 Å². The quantitative estimate of drug-likeness (QED) is 0.809. The lowest BCUT2D eigenvalue weighted by molar-refractivity contribution is 1.00. The minimum absolute atomic E-state index is 0.943. The summed E-state index contributed by atoms with van der Waals surface area (Å²) in [6, 6.07) is 6.41. The van der Waals surface area contributed by atoms with Crippen molar-refractivity contribution in [2.75, 3.05) is 5.75 Å². The molecule has 16 heavy (non-hydrogen) atoms. The zero-order valence-corrected chi connectivity index (χ0v) is 10.8. The second kappa shape index (κ2) is 4.34. The predicted octanol–water partition coefficient (Wildman–Crippen LogP) is 3.74. The molecule has 4 heteroatoms. The van der Waals surface area contributed by atoms with E-state index in [9.17, 15) is 0 Å². The number of aliphatic imine (C=N–C) groups is 1. The summed E-state index contributed by atoms with van der Waals surface area (Å²) in [7, 11) is 0. The fraction of sp³-hybridized carbons (Fsp3) is 0.417. The summed E-state index contributed by atoms with van der Waals surface area (Å²) in [5, 5.41) is 1.06. The molecule has 2 aliphatic rings. The molecule has 0 saturated heterocycles. The highest BCUT2D eigenvalue weighted by atomic mass is 32.2. The van der Waals surface area contributed by atoms with Gasteiger partial charge in [0.25, 0.3) is 0 Å². The van der Waals surface area contributed by atoms with E-state index in [1.165, 1.54) is 29.1 Å². The summed E-state index contributed by atoms with van der Waals surface area (Å²) < 4.78 is 3.32. The van der Waals surface area contributed by atoms with Crippen LogP contribution >= 0.6 is 23.7 Å². The van der Waals surface area contributed by atoms with Crippen molar-refractivity contribution in [3.05, 3.63) is 23.8 Å². The molecular weight excluding hydrogens is 236 g/mol. The Morgan fingerprint density at radius 1 is 1.50 bits per heavy atom. The number of nitrogens with zero attached hydrogens (tertiary/aromatic N) is 1. The number of hydrogen-bond acceptors (Lipinski definition) is 4. The van der Waals surface area contributed by atoms with Gasteiger partial charge in [0.2, 0.25) is 0 Å². The Morgan fingerprint density at radius 3 is 3.19 bits per heavy atom. The first kappa shape index (κ1) is 10.5. The molecule has 1 aromatic rings. The fourth-order valence-electron chi connectivity index (χ4n) is 1.57. The molecule has 0 unspecified atom stereocenters. The number of aryl methyl sites for hydroxylation is 1. The lowest BCUT2D eigenvalue weighted by Crippen LogP contribution is -2.15. The van der Waals surface area contributed by atoms with Crippen LogP contribution in [0, 0.1) is 12.8 Å². The van der Waals surface area contributed by atoms with Gasteiger partial charge in [0.1, 0.15) is 0 Å². The van der Waals surface area contributed by atoms with Crippen molar-refractivity contribution in [3.8, 4) is 0 Å². The Bertz CT molecular complexity index is 439. The van der Waals surface area contributed by atoms with Gasteiger partial charge in [-0.25, -0.2) is 4.99 Å². The van der Waals surface area contributed by atoms with Gasteiger partial charge in [-0.05, 0) is 55.3 Å². The molecule has 0 bridgehead atoms. The van der Waals surface area contributed by atoms with E-state index in [4.69, 9.17) is 0 Å². The molecule has 0 amide bonds. The van der Waals surface area contributed by atoms with E-state index in [0.717, 1.165) is 16.8 Å². The highest BCUT2D eigenvalue weighted by Gasteiger charge is 2.22. The van der Waals surface area contributed by atoms with Crippen molar-refractivity contribution >= 4 is 34.6 Å². The first-order valence-corrected chi connectivity index (χ1v) is 7.36. The van der Waals surface area contributed by atoms with Crippen LogP contribution in [0.4, 0.5) is 5.69 Å². The van der Waals surface area contributed by atoms with Crippen LogP contribution in [0.5, 0.6) is 0 Å². The third-order valence-corrected chi connectivity index (χ3v) is 4.81. The van der Waals surface area contributed by atoms with Crippen LogP contribution in [0.1, 0.15) is 18.4 Å². The van der Waals surface area contributed by atoms with Crippen molar-refractivity contribution in [2.24, 2.45) is 10.9 Å². The molecule has 0 atom stereocenters. The molecular formula is C12H14N2S2. The molecule has 84 valence electrons. The average molecular weight is 250 g/mol. The second-order valence-corrected chi connectivity index (χ2v) is 6.20. The molecule has 1 saturated carbocycles. The molecule has 0 radical (unpaired) electrons. The van der Waals surface area contributed by atoms with Gasteiger partial charge in [-0.2, -0.15) is 0 Å². The number of benzene rings is 1. The summed E-state index contributed by atoms with van der Waals surface area (Å²) in [4.78, 5) is 5.87. The van der Waals surface area contributed by atoms with Crippen molar-refractivity contribution < 1.29 is 0 Å². The van der Waals surface area contributed by atoms with Crippen LogP contribution in [0.25, 0.3) is 0 Å². The molecule has 3 rings (SSSR count). The molecule has 1 fully saturated rings. The topological polar surface area (TPSA) is 24.4 Å². The van der Waals surface area contributed by atoms with Gasteiger partial charge in [-0.1, -0.05) is 17.8 Å². The van der Waals surface area contributed by atoms with E-state index in [0.29, 0.717) is 0 Å². The van der Waals surface area contributed by atoms with Crippen molar-refractivity contribution in [3.63, 3.8) is 0 Å². The van der Waals surface area contributed by atoms with Gasteiger partial charge in [-0.15, -0.1) is 0 Å². The van der Waals surface area contributed by atoms with Crippen LogP contribution in [0.15, 0.2) is 28.1 Å². The first-order valence-electron chi connectivity index (χ1n) is 5.56. The first-order chi connectivity index (χ1) is 7.81. The molecule has 1 heterocycles. The Morgan fingerprint density at radius 2 is 2.38 bits per heavy atom. The third-order valence-electron chi connectivity index (χ3n) is 2.74. The van der Waals surface area contributed by atoms with Crippen LogP contribution < -0.4 is 4.72 Å². The summed E-state index contributed by atoms with van der Waals surface area (Å²) in [5.41, 5.74) is 2.39. The van der Waals surface area contributed by atoms with Crippen LogP contribution in [-0.4, -0.2) is 10.9 Å². The predicted molar refractivity (Wildman–Crippen MR) is 72.4 cm³/mol. The Hall–Kier alpha value is -0.610. The summed E-state index contributed by atoms with van der Waals surface area (Å²) in [5.74, 6) is 2.16. The largest absolute Gasteiger partial charge is 0.305 e. The normalized spacial score (nSPS) is 18.7. The van der Waals surface area contributed by atoms with Crippen molar-refractivity contribution in [1.29, 1.82) is 0 Å². The molecule has 2 nitrogen and oxygen atoms in total. The minimum atomic E-state index is 0.943. The van der Waals surface area contributed by atoms with Gasteiger partial charge in [-0.3, -0.25) is 0 Å². The van der Waals surface area contributed by atoms with Gasteiger partial charge < -0.3 is 4.72 Å². The number of amidine groups is 1. The summed E-state index contributed by atoms with van der Waals surface area (Å²) in [6.45, 7) is 2.11. The Balaban J connectivity index is 1.74. The number of hydrogen-bond donors (Lipinski definition) is 1. The van der Waals surface area contributed by atoms with E-state index < -0.39 is 0 Å². The molecule has 0 spiro atoms. The van der Waals surface area contributed by atoms with E-state index in [2.05, 4.69) is 34.8 Å². The van der Waals surface area contributed by atoms with E-state index in [1.54, 1.807) is 11.9 Å². The minimum Gasteiger partial charge on any atom is -0.305 e. The zero-order chi connectivity index (χ0) is 11.0. The smallest absolute Gasteiger partial charge is 0.172 e. The highest BCUT2D eigenvalue weighted by molar-refractivity contribution is 8.15. The molecule has 1 aliphatic carbocycles. The summed E-state index contributed by atoms with van der Waals surface area (Å²) in [6.07, 6.45) is 2.81. The van der Waals surface area contributed by atoms with Gasteiger partial charge in [0, 0.05) is 5.75 Å². The Kier molecular flexibility index (Phi) is 2.86. The second-order valence-electron chi connectivity index (χ2n) is 4.35. The fourth-order valence-corrected chi connectivity index (χ4v) is 3.53. The number of fused-ring (bicyclic) bond motifs is 1. The van der Waals surface area contributed by atoms with Crippen molar-refractivity contribution in [1.82, 2.24) is 4.72 Å².